The molecule has 0 aromatic heterocycles. The monoisotopic (exact) mass is 137 g/mol. The average Bonchev–Trinajstić information content (AvgIpc) is 2.09. The van der Waals surface area contributed by atoms with Crippen LogP contribution in [0.2, 0.25) is 0 Å². The van der Waals surface area contributed by atoms with Gasteiger partial charge in [0.15, 0.2) is 0 Å². The van der Waals surface area contributed by atoms with Crippen molar-refractivity contribution in [2.75, 3.05) is 6.61 Å². The van der Waals surface area contributed by atoms with Gasteiger partial charge in [-0.2, -0.15) is 0 Å². The maximum absolute atomic E-state index is 5.68. The predicted molar refractivity (Wildman–Crippen MR) is 38.4 cm³/mol. The van der Waals surface area contributed by atoms with Crippen molar-refractivity contribution < 1.29 is 4.74 Å². The van der Waals surface area contributed by atoms with Crippen LogP contribution in [0.25, 0.3) is 0 Å². The van der Waals surface area contributed by atoms with Crippen molar-refractivity contribution in [3.8, 4) is 0 Å². The van der Waals surface area contributed by atoms with Crippen molar-refractivity contribution in [3.63, 3.8) is 0 Å². The van der Waals surface area contributed by atoms with E-state index < -0.39 is 0 Å². The summed E-state index contributed by atoms with van der Waals surface area (Å²) in [6.45, 7) is 1.02. The summed E-state index contributed by atoms with van der Waals surface area (Å²) in [5.41, 5.74) is 0.598. The zero-order valence-electron chi connectivity index (χ0n) is 6.18. The number of rotatable bonds is 0. The Morgan fingerprint density at radius 3 is 2.90 bits per heavy atom. The molecule has 2 unspecified atom stereocenters. The van der Waals surface area contributed by atoms with Gasteiger partial charge in [-0.3, -0.25) is 0 Å². The summed E-state index contributed by atoms with van der Waals surface area (Å²) in [5, 5.41) is 0. The van der Waals surface area contributed by atoms with Crippen molar-refractivity contribution >= 4 is 0 Å². The van der Waals surface area contributed by atoms with Crippen LogP contribution in [-0.2, 0) is 4.74 Å². The molecule has 0 bridgehead atoms. The van der Waals surface area contributed by atoms with Crippen LogP contribution < -0.4 is 0 Å². The van der Waals surface area contributed by atoms with Crippen LogP contribution in [0, 0.1) is 17.8 Å². The summed E-state index contributed by atoms with van der Waals surface area (Å²) in [4.78, 5) is 0. The van der Waals surface area contributed by atoms with Gasteiger partial charge in [0.1, 0.15) is 0 Å². The molecule has 0 N–H and O–H groups in total. The molecule has 3 rings (SSSR count). The van der Waals surface area contributed by atoms with E-state index in [-0.39, 0.29) is 0 Å². The normalized spacial score (nSPS) is 48.0. The van der Waals surface area contributed by atoms with Gasteiger partial charge in [0.2, 0.25) is 0 Å². The highest BCUT2D eigenvalue weighted by molar-refractivity contribution is 5.20. The zero-order chi connectivity index (χ0) is 6.60. The third-order valence-corrected chi connectivity index (χ3v) is 3.53. The molecule has 0 amide bonds. The van der Waals surface area contributed by atoms with E-state index >= 15 is 0 Å². The standard InChI is InChI=1S/C9H13O/c1-3-9(4-1)6-7-2-5-10-8(7)9/h6-8H,1-5H2. The molecule has 2 atom stereocenters. The van der Waals surface area contributed by atoms with Crippen molar-refractivity contribution in [1.29, 1.82) is 0 Å². The summed E-state index contributed by atoms with van der Waals surface area (Å²) in [6, 6.07) is 0. The van der Waals surface area contributed by atoms with Gasteiger partial charge >= 0.3 is 0 Å². The molecule has 1 heterocycles. The Labute approximate surface area is 61.8 Å². The zero-order valence-corrected chi connectivity index (χ0v) is 6.18. The van der Waals surface area contributed by atoms with Crippen LogP contribution in [0.3, 0.4) is 0 Å². The first kappa shape index (κ1) is 5.59. The molecule has 1 saturated heterocycles. The van der Waals surface area contributed by atoms with Crippen molar-refractivity contribution in [3.05, 3.63) is 6.42 Å². The molecule has 55 valence electrons. The smallest absolute Gasteiger partial charge is 0.0666 e. The molecular formula is C9H13O. The second-order valence-electron chi connectivity index (χ2n) is 4.00. The van der Waals surface area contributed by atoms with Gasteiger partial charge in [-0.05, 0) is 31.6 Å². The molecule has 1 aliphatic heterocycles. The molecule has 1 spiro atoms. The highest BCUT2D eigenvalue weighted by Gasteiger charge is 2.59. The topological polar surface area (TPSA) is 9.23 Å². The van der Waals surface area contributed by atoms with E-state index in [0.717, 1.165) is 12.5 Å². The Balaban J connectivity index is 1.81. The molecule has 1 nitrogen and oxygen atoms in total. The molecule has 0 aromatic rings. The Bertz CT molecular complexity index is 160. The minimum absolute atomic E-state index is 0.598. The number of fused-ring (bicyclic) bond motifs is 2. The van der Waals surface area contributed by atoms with Gasteiger partial charge in [0.25, 0.3) is 0 Å². The molecule has 3 fully saturated rings. The van der Waals surface area contributed by atoms with Gasteiger partial charge in [-0.25, -0.2) is 0 Å². The minimum atomic E-state index is 0.598. The summed E-state index contributed by atoms with van der Waals surface area (Å²) in [5.74, 6) is 0.847. The fourth-order valence-electron chi connectivity index (χ4n) is 2.81. The quantitative estimate of drug-likeness (QED) is 0.494. The maximum Gasteiger partial charge on any atom is 0.0666 e. The van der Waals surface area contributed by atoms with E-state index in [9.17, 15) is 0 Å². The van der Waals surface area contributed by atoms with Gasteiger partial charge in [-0.1, -0.05) is 6.42 Å². The summed E-state index contributed by atoms with van der Waals surface area (Å²) in [7, 11) is 0. The molecule has 10 heavy (non-hydrogen) atoms. The average molecular weight is 137 g/mol. The Morgan fingerprint density at radius 1 is 1.40 bits per heavy atom. The number of ether oxygens (including phenoxy) is 1. The highest BCUT2D eigenvalue weighted by atomic mass is 16.5. The van der Waals surface area contributed by atoms with Crippen molar-refractivity contribution in [1.82, 2.24) is 0 Å². The van der Waals surface area contributed by atoms with Gasteiger partial charge < -0.3 is 4.74 Å². The summed E-state index contributed by atoms with van der Waals surface area (Å²) >= 11 is 0. The van der Waals surface area contributed by atoms with Gasteiger partial charge in [0, 0.05) is 12.0 Å². The lowest BCUT2D eigenvalue weighted by molar-refractivity contribution is -0.0980. The van der Waals surface area contributed by atoms with Crippen LogP contribution in [0.4, 0.5) is 0 Å². The number of hydrogen-bond acceptors (Lipinski definition) is 1. The molecule has 0 aromatic carbocycles. The first-order valence-corrected chi connectivity index (χ1v) is 4.38. The molecule has 2 aliphatic carbocycles. The second-order valence-corrected chi connectivity index (χ2v) is 4.00. The maximum atomic E-state index is 5.68. The van der Waals surface area contributed by atoms with E-state index in [0.29, 0.717) is 11.5 Å². The molecule has 3 aliphatic rings. The van der Waals surface area contributed by atoms with E-state index in [4.69, 9.17) is 4.74 Å². The van der Waals surface area contributed by atoms with E-state index in [1.165, 1.54) is 25.7 Å². The second kappa shape index (κ2) is 1.58. The van der Waals surface area contributed by atoms with Gasteiger partial charge in [0.05, 0.1) is 6.10 Å². The Kier molecular flexibility index (Phi) is 0.883. The van der Waals surface area contributed by atoms with Crippen molar-refractivity contribution in [2.24, 2.45) is 11.3 Å². The number of hydrogen-bond donors (Lipinski definition) is 0. The summed E-state index contributed by atoms with van der Waals surface area (Å²) < 4.78 is 5.68. The SMILES string of the molecule is [CH]1C2CCOC2C12CCC2. The highest BCUT2D eigenvalue weighted by Crippen LogP contribution is 2.61. The molecule has 1 heteroatoms. The molecule has 1 radical (unpaired) electrons. The van der Waals surface area contributed by atoms with Crippen LogP contribution in [0.1, 0.15) is 25.7 Å². The lowest BCUT2D eigenvalue weighted by Gasteiger charge is -2.57. The van der Waals surface area contributed by atoms with Crippen LogP contribution >= 0.6 is 0 Å². The van der Waals surface area contributed by atoms with Gasteiger partial charge in [-0.15, -0.1) is 0 Å². The Hall–Kier alpha value is -0.0400. The minimum Gasteiger partial charge on any atom is -0.377 e. The molecule has 2 saturated carbocycles. The van der Waals surface area contributed by atoms with Crippen LogP contribution in [0.5, 0.6) is 0 Å². The van der Waals surface area contributed by atoms with E-state index in [1.807, 2.05) is 0 Å². The van der Waals surface area contributed by atoms with E-state index in [1.54, 1.807) is 0 Å². The van der Waals surface area contributed by atoms with E-state index in [2.05, 4.69) is 6.42 Å². The molecular weight excluding hydrogens is 124 g/mol. The predicted octanol–water partition coefficient (Wildman–Crippen LogP) is 1.78. The lowest BCUT2D eigenvalue weighted by atomic mass is 9.50. The fraction of sp³-hybridized carbons (Fsp3) is 0.889. The third kappa shape index (κ3) is 0.460. The first-order valence-electron chi connectivity index (χ1n) is 4.38. The lowest BCUT2D eigenvalue weighted by Crippen LogP contribution is -2.55. The fourth-order valence-corrected chi connectivity index (χ4v) is 2.81. The van der Waals surface area contributed by atoms with Crippen molar-refractivity contribution in [2.45, 2.75) is 31.8 Å². The first-order chi connectivity index (χ1) is 4.91. The van der Waals surface area contributed by atoms with Crippen LogP contribution in [0.15, 0.2) is 0 Å². The van der Waals surface area contributed by atoms with Crippen LogP contribution in [-0.4, -0.2) is 12.7 Å². The largest absolute Gasteiger partial charge is 0.377 e. The Morgan fingerprint density at radius 2 is 2.30 bits per heavy atom. The summed E-state index contributed by atoms with van der Waals surface area (Å²) in [6.07, 6.45) is 8.77. The third-order valence-electron chi connectivity index (χ3n) is 3.53.